The third-order valence-electron chi connectivity index (χ3n) is 5.14. The summed E-state index contributed by atoms with van der Waals surface area (Å²) in [5.74, 6) is 2.22. The van der Waals surface area contributed by atoms with Crippen molar-refractivity contribution in [2.75, 3.05) is 27.9 Å². The molecule has 4 rings (SSSR count). The summed E-state index contributed by atoms with van der Waals surface area (Å²) in [5, 5.41) is 0. The minimum absolute atomic E-state index is 0.150. The molecule has 7 nitrogen and oxygen atoms in total. The van der Waals surface area contributed by atoms with Crippen molar-refractivity contribution in [3.8, 4) is 28.7 Å². The molecule has 0 fully saturated rings. The third-order valence-corrected chi connectivity index (χ3v) is 5.14. The van der Waals surface area contributed by atoms with Crippen molar-refractivity contribution >= 4 is 17.6 Å². The lowest BCUT2D eigenvalue weighted by Crippen LogP contribution is -2.11. The van der Waals surface area contributed by atoms with Gasteiger partial charge in [0, 0.05) is 17.2 Å². The van der Waals surface area contributed by atoms with E-state index in [2.05, 4.69) is 0 Å². The third kappa shape index (κ3) is 4.52. The van der Waals surface area contributed by atoms with E-state index < -0.39 is 0 Å². The van der Waals surface area contributed by atoms with Crippen molar-refractivity contribution in [3.05, 3.63) is 83.1 Å². The Kier molecular flexibility index (Phi) is 6.31. The van der Waals surface area contributed by atoms with Crippen LogP contribution >= 0.6 is 0 Å². The molecule has 1 heterocycles. The molecule has 1 aliphatic rings. The van der Waals surface area contributed by atoms with Gasteiger partial charge in [-0.3, -0.25) is 9.59 Å². The van der Waals surface area contributed by atoms with Crippen LogP contribution in [0.5, 0.6) is 28.7 Å². The fourth-order valence-electron chi connectivity index (χ4n) is 3.43. The van der Waals surface area contributed by atoms with Crippen LogP contribution in [-0.2, 0) is 0 Å². The second-order valence-corrected chi connectivity index (χ2v) is 7.12. The second kappa shape index (κ2) is 9.48. The predicted molar refractivity (Wildman–Crippen MR) is 122 cm³/mol. The number of hydrogen-bond donors (Lipinski definition) is 0. The number of methoxy groups -OCH3 is 3. The second-order valence-electron chi connectivity index (χ2n) is 7.12. The van der Waals surface area contributed by atoms with Crippen molar-refractivity contribution in [3.63, 3.8) is 0 Å². The summed E-state index contributed by atoms with van der Waals surface area (Å²) in [6.07, 6.45) is 1.61. The Morgan fingerprint density at radius 2 is 1.67 bits per heavy atom. The van der Waals surface area contributed by atoms with Gasteiger partial charge in [0.15, 0.2) is 29.6 Å². The van der Waals surface area contributed by atoms with Gasteiger partial charge in [-0.05, 0) is 48.5 Å². The van der Waals surface area contributed by atoms with E-state index in [1.807, 2.05) is 0 Å². The van der Waals surface area contributed by atoms with Crippen LogP contribution in [0, 0.1) is 0 Å². The smallest absolute Gasteiger partial charge is 0.231 e. The number of ketones is 2. The SMILES string of the molecule is COc1ccc(C(=O)COc2ccc3c(c2)OC(=Cc2cccc(OC)c2OC)C3=O)cc1. The van der Waals surface area contributed by atoms with Crippen LogP contribution in [0.1, 0.15) is 26.3 Å². The topological polar surface area (TPSA) is 80.3 Å². The number of hydrogen-bond acceptors (Lipinski definition) is 7. The van der Waals surface area contributed by atoms with Crippen LogP contribution in [0.15, 0.2) is 66.4 Å². The molecule has 1 aliphatic heterocycles. The average molecular weight is 446 g/mol. The first kappa shape index (κ1) is 22.0. The highest BCUT2D eigenvalue weighted by Gasteiger charge is 2.28. The number of Topliss-reactive ketones (excluding diaryl/α,β-unsaturated/α-hetero) is 2. The molecule has 3 aromatic rings. The quantitative estimate of drug-likeness (QED) is 0.370. The molecule has 0 N–H and O–H groups in total. The van der Waals surface area contributed by atoms with Gasteiger partial charge in [0.25, 0.3) is 0 Å². The highest BCUT2D eigenvalue weighted by molar-refractivity contribution is 6.14. The van der Waals surface area contributed by atoms with E-state index in [1.165, 1.54) is 7.11 Å². The molecule has 0 radical (unpaired) electrons. The number of rotatable bonds is 8. The molecule has 0 spiro atoms. The number of benzene rings is 3. The molecule has 168 valence electrons. The molecular formula is C26H22O7. The summed E-state index contributed by atoms with van der Waals surface area (Å²) in [4.78, 5) is 25.2. The maximum Gasteiger partial charge on any atom is 0.231 e. The summed E-state index contributed by atoms with van der Waals surface area (Å²) in [5.41, 5.74) is 1.58. The molecule has 0 unspecified atom stereocenters. The van der Waals surface area contributed by atoms with Crippen molar-refractivity contribution in [1.29, 1.82) is 0 Å². The van der Waals surface area contributed by atoms with E-state index in [0.717, 1.165) is 0 Å². The van der Waals surface area contributed by atoms with Crippen LogP contribution < -0.4 is 23.7 Å². The number of para-hydroxylation sites is 1. The van der Waals surface area contributed by atoms with Crippen molar-refractivity contribution in [2.45, 2.75) is 0 Å². The standard InChI is InChI=1S/C26H22O7/c1-29-18-9-7-16(8-10-18)21(27)15-32-19-11-12-20-23(14-19)33-24(25(20)28)13-17-5-4-6-22(30-2)26(17)31-3/h4-14H,15H2,1-3H3. The van der Waals surface area contributed by atoms with Gasteiger partial charge in [0.1, 0.15) is 17.2 Å². The Morgan fingerprint density at radius 3 is 2.36 bits per heavy atom. The molecule has 0 aliphatic carbocycles. The molecule has 0 saturated carbocycles. The first-order valence-electron chi connectivity index (χ1n) is 10.1. The van der Waals surface area contributed by atoms with E-state index in [9.17, 15) is 9.59 Å². The number of fused-ring (bicyclic) bond motifs is 1. The van der Waals surface area contributed by atoms with E-state index in [4.69, 9.17) is 23.7 Å². The normalized spacial score (nSPS) is 13.3. The van der Waals surface area contributed by atoms with Gasteiger partial charge >= 0.3 is 0 Å². The van der Waals surface area contributed by atoms with E-state index in [1.54, 1.807) is 81.0 Å². The molecule has 3 aromatic carbocycles. The Balaban J connectivity index is 1.49. The lowest BCUT2D eigenvalue weighted by molar-refractivity contribution is 0.0920. The number of carbonyl (C=O) groups excluding carboxylic acids is 2. The molecular weight excluding hydrogens is 424 g/mol. The van der Waals surface area contributed by atoms with Crippen LogP contribution in [0.4, 0.5) is 0 Å². The molecule has 0 amide bonds. The summed E-state index contributed by atoms with van der Waals surface area (Å²) in [6.45, 7) is -0.150. The minimum Gasteiger partial charge on any atom is -0.497 e. The lowest BCUT2D eigenvalue weighted by Gasteiger charge is -2.10. The lowest BCUT2D eigenvalue weighted by atomic mass is 10.1. The summed E-state index contributed by atoms with van der Waals surface area (Å²) in [7, 11) is 4.64. The fraction of sp³-hybridized carbons (Fsp3) is 0.154. The first-order valence-corrected chi connectivity index (χ1v) is 10.1. The Morgan fingerprint density at radius 1 is 0.909 bits per heavy atom. The molecule has 0 bridgehead atoms. The largest absolute Gasteiger partial charge is 0.497 e. The van der Waals surface area contributed by atoms with Crippen molar-refractivity contribution in [2.24, 2.45) is 0 Å². The molecule has 7 heteroatoms. The zero-order valence-electron chi connectivity index (χ0n) is 18.4. The van der Waals surface area contributed by atoms with Gasteiger partial charge in [-0.2, -0.15) is 0 Å². The van der Waals surface area contributed by atoms with Crippen LogP contribution in [0.25, 0.3) is 6.08 Å². The van der Waals surface area contributed by atoms with Crippen LogP contribution in [0.3, 0.4) is 0 Å². The molecule has 0 aromatic heterocycles. The average Bonchev–Trinajstić information content (AvgIpc) is 3.16. The number of ether oxygens (including phenoxy) is 5. The van der Waals surface area contributed by atoms with Gasteiger partial charge in [-0.25, -0.2) is 0 Å². The predicted octanol–water partition coefficient (Wildman–Crippen LogP) is 4.59. The Labute approximate surface area is 191 Å². The van der Waals surface area contributed by atoms with Gasteiger partial charge in [-0.1, -0.05) is 12.1 Å². The highest BCUT2D eigenvalue weighted by Crippen LogP contribution is 2.37. The van der Waals surface area contributed by atoms with Crippen molar-refractivity contribution in [1.82, 2.24) is 0 Å². The maximum atomic E-state index is 12.8. The Bertz CT molecular complexity index is 1230. The van der Waals surface area contributed by atoms with Gasteiger partial charge in [0.05, 0.1) is 26.9 Å². The Hall–Kier alpha value is -4.26. The fourth-order valence-corrected chi connectivity index (χ4v) is 3.43. The van der Waals surface area contributed by atoms with Gasteiger partial charge in [-0.15, -0.1) is 0 Å². The van der Waals surface area contributed by atoms with E-state index in [0.29, 0.717) is 45.4 Å². The highest BCUT2D eigenvalue weighted by atomic mass is 16.5. The van der Waals surface area contributed by atoms with Gasteiger partial charge < -0.3 is 23.7 Å². The summed E-state index contributed by atoms with van der Waals surface area (Å²) >= 11 is 0. The molecule has 0 atom stereocenters. The monoisotopic (exact) mass is 446 g/mol. The van der Waals surface area contributed by atoms with Crippen LogP contribution in [-0.4, -0.2) is 39.5 Å². The summed E-state index contributed by atoms with van der Waals surface area (Å²) in [6, 6.07) is 17.0. The molecule has 0 saturated heterocycles. The summed E-state index contributed by atoms with van der Waals surface area (Å²) < 4.78 is 27.2. The first-order chi connectivity index (χ1) is 16.0. The zero-order valence-corrected chi connectivity index (χ0v) is 18.4. The minimum atomic E-state index is -0.254. The molecule has 33 heavy (non-hydrogen) atoms. The zero-order chi connectivity index (χ0) is 23.4. The number of allylic oxidation sites excluding steroid dienone is 1. The van der Waals surface area contributed by atoms with Crippen LogP contribution in [0.2, 0.25) is 0 Å². The number of carbonyl (C=O) groups is 2. The van der Waals surface area contributed by atoms with E-state index >= 15 is 0 Å². The van der Waals surface area contributed by atoms with Crippen molar-refractivity contribution < 1.29 is 33.3 Å². The van der Waals surface area contributed by atoms with E-state index in [-0.39, 0.29) is 23.9 Å². The maximum absolute atomic E-state index is 12.8. The van der Waals surface area contributed by atoms with Gasteiger partial charge in [0.2, 0.25) is 5.78 Å².